The lowest BCUT2D eigenvalue weighted by atomic mass is 9.83. The Hall–Kier alpha value is -0.130. The van der Waals surface area contributed by atoms with Crippen LogP contribution in [-0.2, 0) is 10.0 Å². The minimum absolute atomic E-state index is 0.178. The third kappa shape index (κ3) is 6.72. The van der Waals surface area contributed by atoms with Gasteiger partial charge in [0.1, 0.15) is 0 Å². The summed E-state index contributed by atoms with van der Waals surface area (Å²) in [5.41, 5.74) is 0. The molecular weight excluding hydrogens is 260 g/mol. The van der Waals surface area contributed by atoms with Crippen molar-refractivity contribution in [3.63, 3.8) is 0 Å². The van der Waals surface area contributed by atoms with E-state index >= 15 is 0 Å². The number of unbranched alkanes of at least 4 members (excludes halogenated alkanes) is 1. The van der Waals surface area contributed by atoms with Gasteiger partial charge in [-0.25, -0.2) is 13.1 Å². The fourth-order valence-corrected chi connectivity index (χ4v) is 4.33. The summed E-state index contributed by atoms with van der Waals surface area (Å²) in [6.07, 6.45) is 7.33. The van der Waals surface area contributed by atoms with Crippen LogP contribution in [0.25, 0.3) is 0 Å². The minimum atomic E-state index is -3.09. The maximum atomic E-state index is 12.1. The molecule has 0 aromatic heterocycles. The standard InChI is InChI=1S/C14H30N2O2S/c1-3-13-9-5-6-10-14(13)16-19(17,18)12-8-7-11-15-4-2/h13-16H,3-12H2,1-2H3. The van der Waals surface area contributed by atoms with Crippen LogP contribution in [0, 0.1) is 5.92 Å². The Morgan fingerprint density at radius 3 is 2.53 bits per heavy atom. The number of sulfonamides is 1. The normalized spacial score (nSPS) is 24.5. The van der Waals surface area contributed by atoms with Gasteiger partial charge in [-0.2, -0.15) is 0 Å². The van der Waals surface area contributed by atoms with Crippen molar-refractivity contribution in [1.29, 1.82) is 0 Å². The van der Waals surface area contributed by atoms with E-state index in [0.29, 0.717) is 5.92 Å². The van der Waals surface area contributed by atoms with Gasteiger partial charge in [-0.15, -0.1) is 0 Å². The molecule has 1 saturated carbocycles. The Balaban J connectivity index is 2.32. The average molecular weight is 290 g/mol. The second kappa shape index (κ2) is 8.93. The Morgan fingerprint density at radius 2 is 1.84 bits per heavy atom. The molecule has 4 nitrogen and oxygen atoms in total. The van der Waals surface area contributed by atoms with Gasteiger partial charge in [-0.05, 0) is 44.7 Å². The fraction of sp³-hybridized carbons (Fsp3) is 1.00. The van der Waals surface area contributed by atoms with E-state index in [-0.39, 0.29) is 11.8 Å². The first-order valence-electron chi connectivity index (χ1n) is 7.79. The summed E-state index contributed by atoms with van der Waals surface area (Å²) in [7, 11) is -3.09. The summed E-state index contributed by atoms with van der Waals surface area (Å²) in [6.45, 7) is 6.08. The van der Waals surface area contributed by atoms with Gasteiger partial charge in [0, 0.05) is 6.04 Å². The van der Waals surface area contributed by atoms with Gasteiger partial charge in [0.15, 0.2) is 0 Å². The van der Waals surface area contributed by atoms with Crippen molar-refractivity contribution in [3.8, 4) is 0 Å². The van der Waals surface area contributed by atoms with Crippen molar-refractivity contribution in [3.05, 3.63) is 0 Å². The molecule has 0 saturated heterocycles. The summed E-state index contributed by atoms with van der Waals surface area (Å²) in [5, 5.41) is 3.22. The largest absolute Gasteiger partial charge is 0.317 e. The van der Waals surface area contributed by atoms with Gasteiger partial charge in [-0.1, -0.05) is 33.1 Å². The van der Waals surface area contributed by atoms with Crippen LogP contribution in [0.2, 0.25) is 0 Å². The molecule has 0 radical (unpaired) electrons. The first-order valence-corrected chi connectivity index (χ1v) is 9.45. The highest BCUT2D eigenvalue weighted by Crippen LogP contribution is 2.27. The van der Waals surface area contributed by atoms with Gasteiger partial charge in [0.25, 0.3) is 0 Å². The van der Waals surface area contributed by atoms with Crippen LogP contribution in [0.5, 0.6) is 0 Å². The van der Waals surface area contributed by atoms with Crippen molar-refractivity contribution < 1.29 is 8.42 Å². The van der Waals surface area contributed by atoms with Crippen LogP contribution in [0.3, 0.4) is 0 Å². The lowest BCUT2D eigenvalue weighted by Crippen LogP contribution is -2.42. The first kappa shape index (κ1) is 16.9. The van der Waals surface area contributed by atoms with Crippen LogP contribution in [0.4, 0.5) is 0 Å². The van der Waals surface area contributed by atoms with E-state index in [2.05, 4.69) is 23.9 Å². The summed E-state index contributed by atoms with van der Waals surface area (Å²) in [5.74, 6) is 0.802. The van der Waals surface area contributed by atoms with Crippen LogP contribution in [-0.4, -0.2) is 33.3 Å². The van der Waals surface area contributed by atoms with Gasteiger partial charge < -0.3 is 5.32 Å². The number of hydrogen-bond donors (Lipinski definition) is 2. The van der Waals surface area contributed by atoms with Crippen LogP contribution >= 0.6 is 0 Å². The van der Waals surface area contributed by atoms with Crippen molar-refractivity contribution in [2.24, 2.45) is 5.92 Å². The molecule has 1 aliphatic rings. The third-order valence-electron chi connectivity index (χ3n) is 4.03. The molecule has 5 heteroatoms. The van der Waals surface area contributed by atoms with Gasteiger partial charge >= 0.3 is 0 Å². The zero-order chi connectivity index (χ0) is 14.1. The SMILES string of the molecule is CCNCCCCS(=O)(=O)NC1CCCCC1CC. The smallest absolute Gasteiger partial charge is 0.211 e. The quantitative estimate of drug-likeness (QED) is 0.640. The molecule has 2 unspecified atom stereocenters. The van der Waals surface area contributed by atoms with Crippen LogP contribution in [0.1, 0.15) is 58.8 Å². The van der Waals surface area contributed by atoms with Gasteiger partial charge in [-0.3, -0.25) is 0 Å². The predicted octanol–water partition coefficient (Wildman–Crippen LogP) is 2.26. The highest BCUT2D eigenvalue weighted by molar-refractivity contribution is 7.89. The molecule has 0 spiro atoms. The molecule has 0 aromatic rings. The van der Waals surface area contributed by atoms with E-state index in [1.54, 1.807) is 0 Å². The zero-order valence-electron chi connectivity index (χ0n) is 12.5. The van der Waals surface area contributed by atoms with E-state index < -0.39 is 10.0 Å². The molecule has 19 heavy (non-hydrogen) atoms. The molecule has 2 N–H and O–H groups in total. The number of nitrogens with one attached hydrogen (secondary N) is 2. The van der Waals surface area contributed by atoms with Crippen molar-refractivity contribution >= 4 is 10.0 Å². The van der Waals surface area contributed by atoms with Crippen molar-refractivity contribution in [2.75, 3.05) is 18.8 Å². The van der Waals surface area contributed by atoms with E-state index in [4.69, 9.17) is 0 Å². The Kier molecular flexibility index (Phi) is 7.95. The van der Waals surface area contributed by atoms with Crippen LogP contribution < -0.4 is 10.0 Å². The lowest BCUT2D eigenvalue weighted by molar-refractivity contribution is 0.282. The molecule has 0 aromatic carbocycles. The molecule has 0 bridgehead atoms. The number of rotatable bonds is 9. The molecule has 0 amide bonds. The highest BCUT2D eigenvalue weighted by atomic mass is 32.2. The summed E-state index contributed by atoms with van der Waals surface area (Å²) in [4.78, 5) is 0. The van der Waals surface area contributed by atoms with Crippen molar-refractivity contribution in [2.45, 2.75) is 64.8 Å². The molecule has 1 rings (SSSR count). The molecular formula is C14H30N2O2S. The van der Waals surface area contributed by atoms with E-state index in [9.17, 15) is 8.42 Å². The summed E-state index contributed by atoms with van der Waals surface area (Å²) >= 11 is 0. The summed E-state index contributed by atoms with van der Waals surface area (Å²) in [6, 6.07) is 0.178. The monoisotopic (exact) mass is 290 g/mol. The lowest BCUT2D eigenvalue weighted by Gasteiger charge is -2.31. The minimum Gasteiger partial charge on any atom is -0.317 e. The second-order valence-electron chi connectivity index (χ2n) is 5.56. The van der Waals surface area contributed by atoms with Crippen molar-refractivity contribution in [1.82, 2.24) is 10.0 Å². The second-order valence-corrected chi connectivity index (χ2v) is 7.43. The highest BCUT2D eigenvalue weighted by Gasteiger charge is 2.27. The maximum absolute atomic E-state index is 12.1. The molecule has 0 heterocycles. The first-order chi connectivity index (χ1) is 9.09. The van der Waals surface area contributed by atoms with E-state index in [1.165, 1.54) is 12.8 Å². The predicted molar refractivity (Wildman–Crippen MR) is 80.7 cm³/mol. The topological polar surface area (TPSA) is 58.2 Å². The summed E-state index contributed by atoms with van der Waals surface area (Å²) < 4.78 is 27.1. The van der Waals surface area contributed by atoms with E-state index in [1.807, 2.05) is 0 Å². The molecule has 114 valence electrons. The molecule has 1 fully saturated rings. The maximum Gasteiger partial charge on any atom is 0.211 e. The zero-order valence-corrected chi connectivity index (χ0v) is 13.3. The van der Waals surface area contributed by atoms with Gasteiger partial charge in [0.2, 0.25) is 10.0 Å². The fourth-order valence-electron chi connectivity index (χ4n) is 2.86. The molecule has 1 aliphatic carbocycles. The number of hydrogen-bond acceptors (Lipinski definition) is 3. The Morgan fingerprint density at radius 1 is 1.11 bits per heavy atom. The van der Waals surface area contributed by atoms with Crippen LogP contribution in [0.15, 0.2) is 0 Å². The molecule has 0 aliphatic heterocycles. The third-order valence-corrected chi connectivity index (χ3v) is 5.52. The average Bonchev–Trinajstić information content (AvgIpc) is 2.38. The Labute approximate surface area is 118 Å². The van der Waals surface area contributed by atoms with E-state index in [0.717, 1.165) is 45.2 Å². The molecule has 2 atom stereocenters. The van der Waals surface area contributed by atoms with Gasteiger partial charge in [0.05, 0.1) is 5.75 Å². The Bertz CT molecular complexity index is 330.